The number of fused-ring (bicyclic) bond motifs is 1. The van der Waals surface area contributed by atoms with E-state index in [2.05, 4.69) is 21.0 Å². The number of H-pyrrole nitrogens is 1. The predicted molar refractivity (Wildman–Crippen MR) is 68.4 cm³/mol. The van der Waals surface area contributed by atoms with E-state index < -0.39 is 0 Å². The molecule has 4 heteroatoms. The molecule has 0 aromatic carbocycles. The van der Waals surface area contributed by atoms with E-state index in [0.29, 0.717) is 10.7 Å². The second kappa shape index (κ2) is 4.37. The number of hydrogen-bond donors (Lipinski definition) is 1. The molecule has 3 nitrogen and oxygen atoms in total. The van der Waals surface area contributed by atoms with Crippen molar-refractivity contribution in [3.05, 3.63) is 52.3 Å². The van der Waals surface area contributed by atoms with Gasteiger partial charge in [-0.15, -0.1) is 0 Å². The van der Waals surface area contributed by atoms with E-state index >= 15 is 0 Å². The molecule has 1 aliphatic carbocycles. The van der Waals surface area contributed by atoms with Crippen LogP contribution in [0, 0.1) is 4.77 Å². The van der Waals surface area contributed by atoms with Crippen LogP contribution in [0.25, 0.3) is 0 Å². The molecule has 1 N–H and O–H groups in total. The monoisotopic (exact) mass is 243 g/mol. The Morgan fingerprint density at radius 1 is 1.24 bits per heavy atom. The Balaban J connectivity index is 2.09. The first-order valence-electron chi connectivity index (χ1n) is 5.83. The van der Waals surface area contributed by atoms with Crippen molar-refractivity contribution in [1.29, 1.82) is 0 Å². The van der Waals surface area contributed by atoms with E-state index in [4.69, 9.17) is 12.2 Å². The van der Waals surface area contributed by atoms with Gasteiger partial charge >= 0.3 is 0 Å². The van der Waals surface area contributed by atoms with Crippen molar-refractivity contribution in [3.63, 3.8) is 0 Å². The Bertz CT molecular complexity index is 591. The first-order chi connectivity index (χ1) is 8.34. The van der Waals surface area contributed by atoms with Crippen molar-refractivity contribution < 1.29 is 0 Å². The summed E-state index contributed by atoms with van der Waals surface area (Å²) in [5.74, 6) is 0.338. The summed E-state index contributed by atoms with van der Waals surface area (Å²) in [6.07, 6.45) is 7.09. The largest absolute Gasteiger partial charge is 0.334 e. The third-order valence-electron chi connectivity index (χ3n) is 3.27. The van der Waals surface area contributed by atoms with E-state index in [1.54, 1.807) is 6.20 Å². The molecule has 2 aromatic heterocycles. The molecule has 0 aliphatic heterocycles. The molecule has 0 saturated carbocycles. The highest BCUT2D eigenvalue weighted by atomic mass is 32.1. The van der Waals surface area contributed by atoms with Crippen molar-refractivity contribution in [3.8, 4) is 0 Å². The number of pyridine rings is 1. The zero-order valence-corrected chi connectivity index (χ0v) is 10.2. The van der Waals surface area contributed by atoms with Crippen LogP contribution in [0.4, 0.5) is 0 Å². The quantitative estimate of drug-likeness (QED) is 0.783. The van der Waals surface area contributed by atoms with Gasteiger partial charge in [-0.05, 0) is 49.2 Å². The molecule has 0 fully saturated rings. The Kier molecular flexibility index (Phi) is 2.73. The highest BCUT2D eigenvalue weighted by Gasteiger charge is 2.23. The van der Waals surface area contributed by atoms with Crippen molar-refractivity contribution in [2.75, 3.05) is 0 Å². The number of nitrogens with zero attached hydrogens (tertiary/aromatic N) is 2. The minimum absolute atomic E-state index is 0.338. The van der Waals surface area contributed by atoms with E-state index in [-0.39, 0.29) is 0 Å². The maximum atomic E-state index is 5.08. The van der Waals surface area contributed by atoms with Crippen LogP contribution in [0.1, 0.15) is 35.7 Å². The fraction of sp³-hybridized carbons (Fsp3) is 0.308. The van der Waals surface area contributed by atoms with Crippen LogP contribution in [-0.4, -0.2) is 15.0 Å². The molecule has 0 spiro atoms. The van der Waals surface area contributed by atoms with Gasteiger partial charge < -0.3 is 4.98 Å². The van der Waals surface area contributed by atoms with Gasteiger partial charge in [-0.25, -0.2) is 4.98 Å². The van der Waals surface area contributed by atoms with Crippen molar-refractivity contribution in [2.24, 2.45) is 0 Å². The third-order valence-corrected chi connectivity index (χ3v) is 3.48. The van der Waals surface area contributed by atoms with Gasteiger partial charge in [0, 0.05) is 24.0 Å². The molecule has 2 heterocycles. The maximum absolute atomic E-state index is 5.08. The van der Waals surface area contributed by atoms with Gasteiger partial charge in [0.15, 0.2) is 4.77 Å². The summed E-state index contributed by atoms with van der Waals surface area (Å²) in [4.78, 5) is 11.7. The Morgan fingerprint density at radius 3 is 3.06 bits per heavy atom. The molecule has 0 amide bonds. The fourth-order valence-corrected chi connectivity index (χ4v) is 2.68. The summed E-state index contributed by atoms with van der Waals surface area (Å²) in [6, 6.07) is 6.19. The van der Waals surface area contributed by atoms with E-state index in [1.165, 1.54) is 17.7 Å². The summed E-state index contributed by atoms with van der Waals surface area (Å²) in [5, 5.41) is 0. The van der Waals surface area contributed by atoms with E-state index in [9.17, 15) is 0 Å². The standard InChI is InChI=1S/C13H13N3S/c17-13-15-8-6-11(16-13)10-5-1-3-9-4-2-7-14-12(9)10/h2,4,6-8,10H,1,3,5H2,(H,15,16,17). The van der Waals surface area contributed by atoms with E-state index in [1.807, 2.05) is 18.3 Å². The number of nitrogens with one attached hydrogen (secondary N) is 1. The normalized spacial score (nSPS) is 18.7. The Morgan fingerprint density at radius 2 is 2.18 bits per heavy atom. The summed E-state index contributed by atoms with van der Waals surface area (Å²) < 4.78 is 0.547. The summed E-state index contributed by atoms with van der Waals surface area (Å²) in [6.45, 7) is 0. The second-order valence-electron chi connectivity index (χ2n) is 4.32. The van der Waals surface area contributed by atoms with Gasteiger partial charge in [-0.1, -0.05) is 6.07 Å². The maximum Gasteiger partial charge on any atom is 0.196 e. The summed E-state index contributed by atoms with van der Waals surface area (Å²) in [7, 11) is 0. The lowest BCUT2D eigenvalue weighted by atomic mass is 9.84. The molecule has 0 saturated heterocycles. The number of hydrogen-bond acceptors (Lipinski definition) is 3. The zero-order chi connectivity index (χ0) is 11.7. The van der Waals surface area contributed by atoms with Crippen molar-refractivity contribution >= 4 is 12.2 Å². The lowest BCUT2D eigenvalue weighted by molar-refractivity contribution is 0.586. The first kappa shape index (κ1) is 10.6. The van der Waals surface area contributed by atoms with Gasteiger partial charge in [0.25, 0.3) is 0 Å². The van der Waals surface area contributed by atoms with Gasteiger partial charge in [0.1, 0.15) is 0 Å². The SMILES string of the molecule is S=c1nccc(C2CCCc3cccnc32)[nH]1. The minimum Gasteiger partial charge on any atom is -0.334 e. The zero-order valence-electron chi connectivity index (χ0n) is 9.39. The molecular weight excluding hydrogens is 230 g/mol. The Hall–Kier alpha value is -1.55. The van der Waals surface area contributed by atoms with Gasteiger partial charge in [0.2, 0.25) is 0 Å². The van der Waals surface area contributed by atoms with Crippen LogP contribution in [-0.2, 0) is 6.42 Å². The van der Waals surface area contributed by atoms with Gasteiger partial charge in [0.05, 0.1) is 5.69 Å². The van der Waals surface area contributed by atoms with Crippen LogP contribution >= 0.6 is 12.2 Å². The van der Waals surface area contributed by atoms with Crippen molar-refractivity contribution in [1.82, 2.24) is 15.0 Å². The number of aromatic nitrogens is 3. The molecule has 86 valence electrons. The molecule has 0 radical (unpaired) electrons. The molecule has 0 bridgehead atoms. The topological polar surface area (TPSA) is 41.6 Å². The highest BCUT2D eigenvalue weighted by molar-refractivity contribution is 7.71. The third kappa shape index (κ3) is 2.00. The van der Waals surface area contributed by atoms with Crippen LogP contribution in [0.15, 0.2) is 30.6 Å². The average Bonchev–Trinajstić information content (AvgIpc) is 2.38. The Labute approximate surface area is 105 Å². The van der Waals surface area contributed by atoms with Crippen LogP contribution in [0.5, 0.6) is 0 Å². The second-order valence-corrected chi connectivity index (χ2v) is 4.71. The van der Waals surface area contributed by atoms with Crippen LogP contribution in [0.3, 0.4) is 0 Å². The number of aryl methyl sites for hydroxylation is 1. The summed E-state index contributed by atoms with van der Waals surface area (Å²) in [5.41, 5.74) is 3.68. The van der Waals surface area contributed by atoms with Crippen molar-refractivity contribution in [2.45, 2.75) is 25.2 Å². The van der Waals surface area contributed by atoms with Gasteiger partial charge in [-0.2, -0.15) is 0 Å². The number of rotatable bonds is 1. The summed E-state index contributed by atoms with van der Waals surface area (Å²) >= 11 is 5.08. The van der Waals surface area contributed by atoms with Gasteiger partial charge in [-0.3, -0.25) is 4.98 Å². The smallest absolute Gasteiger partial charge is 0.196 e. The van der Waals surface area contributed by atoms with Crippen LogP contribution in [0.2, 0.25) is 0 Å². The fourth-order valence-electron chi connectivity index (χ4n) is 2.50. The first-order valence-corrected chi connectivity index (χ1v) is 6.24. The average molecular weight is 243 g/mol. The number of aromatic amines is 1. The van der Waals surface area contributed by atoms with Crippen LogP contribution < -0.4 is 0 Å². The van der Waals surface area contributed by atoms with E-state index in [0.717, 1.165) is 18.5 Å². The molecular formula is C13H13N3S. The predicted octanol–water partition coefficient (Wildman–Crippen LogP) is 3.00. The lowest BCUT2D eigenvalue weighted by Crippen LogP contribution is -2.14. The highest BCUT2D eigenvalue weighted by Crippen LogP contribution is 2.33. The molecule has 1 aliphatic rings. The molecule has 17 heavy (non-hydrogen) atoms. The molecule has 2 aromatic rings. The molecule has 3 rings (SSSR count). The molecule has 1 atom stereocenters. The molecule has 1 unspecified atom stereocenters. The lowest BCUT2D eigenvalue weighted by Gasteiger charge is -2.24. The minimum atomic E-state index is 0.338.